The Bertz CT molecular complexity index is 657. The van der Waals surface area contributed by atoms with E-state index in [9.17, 15) is 9.00 Å². The number of carbonyl (C=O) groups is 1. The number of ketones is 1. The van der Waals surface area contributed by atoms with E-state index in [1.54, 1.807) is 0 Å². The quantitative estimate of drug-likeness (QED) is 0.805. The average molecular weight is 286 g/mol. The second-order valence-corrected chi connectivity index (χ2v) is 6.50. The summed E-state index contributed by atoms with van der Waals surface area (Å²) in [6.45, 7) is 5.84. The van der Waals surface area contributed by atoms with Crippen LogP contribution in [0.5, 0.6) is 0 Å². The average Bonchev–Trinajstić information content (AvgIpc) is 2.42. The molecule has 2 aromatic rings. The fourth-order valence-corrected chi connectivity index (χ4v) is 3.01. The highest BCUT2D eigenvalue weighted by Gasteiger charge is 2.14. The van der Waals surface area contributed by atoms with Gasteiger partial charge in [0, 0.05) is 10.5 Å². The zero-order valence-corrected chi connectivity index (χ0v) is 12.8. The smallest absolute Gasteiger partial charge is 0.175 e. The van der Waals surface area contributed by atoms with Crippen molar-refractivity contribution in [1.82, 2.24) is 0 Å². The first-order valence-corrected chi connectivity index (χ1v) is 7.85. The van der Waals surface area contributed by atoms with Gasteiger partial charge in [-0.1, -0.05) is 35.4 Å². The van der Waals surface area contributed by atoms with Crippen molar-refractivity contribution in [2.75, 3.05) is 5.75 Å². The normalized spacial score (nSPS) is 12.2. The van der Waals surface area contributed by atoms with Crippen LogP contribution < -0.4 is 0 Å². The molecule has 0 fully saturated rings. The van der Waals surface area contributed by atoms with Crippen molar-refractivity contribution < 1.29 is 9.00 Å². The lowest BCUT2D eigenvalue weighted by Crippen LogP contribution is -2.12. The van der Waals surface area contributed by atoms with E-state index in [2.05, 4.69) is 0 Å². The van der Waals surface area contributed by atoms with E-state index in [1.807, 2.05) is 63.2 Å². The number of carbonyl (C=O) groups excluding carboxylic acids is 1. The SMILES string of the molecule is Cc1ccc(S(=O)CC(=O)c2cc(C)ccc2C)cc1. The third-order valence-electron chi connectivity index (χ3n) is 3.24. The number of rotatable bonds is 4. The van der Waals surface area contributed by atoms with E-state index in [4.69, 9.17) is 0 Å². The molecule has 1 atom stereocenters. The monoisotopic (exact) mass is 286 g/mol. The Labute approximate surface area is 122 Å². The molecule has 0 bridgehead atoms. The molecule has 0 aliphatic rings. The number of aryl methyl sites for hydroxylation is 3. The van der Waals surface area contributed by atoms with Gasteiger partial charge in [-0.15, -0.1) is 0 Å². The molecule has 0 spiro atoms. The van der Waals surface area contributed by atoms with Gasteiger partial charge in [-0.2, -0.15) is 0 Å². The van der Waals surface area contributed by atoms with Gasteiger partial charge in [0.05, 0.1) is 16.6 Å². The van der Waals surface area contributed by atoms with Crippen molar-refractivity contribution in [3.05, 3.63) is 64.7 Å². The molecular weight excluding hydrogens is 268 g/mol. The van der Waals surface area contributed by atoms with Gasteiger partial charge in [0.2, 0.25) is 0 Å². The first-order valence-electron chi connectivity index (χ1n) is 6.53. The molecule has 104 valence electrons. The summed E-state index contributed by atoms with van der Waals surface area (Å²) in [5.74, 6) is -0.0296. The Morgan fingerprint density at radius 3 is 2.20 bits per heavy atom. The van der Waals surface area contributed by atoms with Crippen LogP contribution in [0.1, 0.15) is 27.0 Å². The number of benzene rings is 2. The summed E-state index contributed by atoms with van der Waals surface area (Å²) in [6, 6.07) is 13.2. The summed E-state index contributed by atoms with van der Waals surface area (Å²) < 4.78 is 12.2. The maximum atomic E-state index is 12.3. The van der Waals surface area contributed by atoms with Gasteiger partial charge in [0.25, 0.3) is 0 Å². The molecule has 20 heavy (non-hydrogen) atoms. The third-order valence-corrected chi connectivity index (χ3v) is 4.56. The summed E-state index contributed by atoms with van der Waals surface area (Å²) in [7, 11) is -1.29. The molecule has 0 heterocycles. The molecule has 2 rings (SSSR count). The van der Waals surface area contributed by atoms with Crippen LogP contribution >= 0.6 is 0 Å². The van der Waals surface area contributed by atoms with E-state index in [0.717, 1.165) is 16.7 Å². The van der Waals surface area contributed by atoms with Crippen molar-refractivity contribution in [1.29, 1.82) is 0 Å². The minimum Gasteiger partial charge on any atom is -0.293 e. The molecular formula is C17H18O2S. The topological polar surface area (TPSA) is 34.1 Å². The van der Waals surface area contributed by atoms with Crippen LogP contribution in [0.4, 0.5) is 0 Å². The highest BCUT2D eigenvalue weighted by atomic mass is 32.2. The van der Waals surface area contributed by atoms with Crippen LogP contribution in [0.15, 0.2) is 47.4 Å². The molecule has 0 radical (unpaired) electrons. The second kappa shape index (κ2) is 6.14. The lowest BCUT2D eigenvalue weighted by Gasteiger charge is -2.07. The second-order valence-electron chi connectivity index (χ2n) is 5.04. The molecule has 0 saturated heterocycles. The molecule has 2 nitrogen and oxygen atoms in total. The van der Waals surface area contributed by atoms with E-state index >= 15 is 0 Å². The largest absolute Gasteiger partial charge is 0.293 e. The first kappa shape index (κ1) is 14.7. The van der Waals surface area contributed by atoms with Crippen molar-refractivity contribution in [3.8, 4) is 0 Å². The summed E-state index contributed by atoms with van der Waals surface area (Å²) in [4.78, 5) is 13.0. The zero-order chi connectivity index (χ0) is 14.7. The minimum absolute atomic E-state index is 0.0351. The van der Waals surface area contributed by atoms with Gasteiger partial charge in [-0.25, -0.2) is 0 Å². The van der Waals surface area contributed by atoms with E-state index in [1.165, 1.54) is 0 Å². The summed E-state index contributed by atoms with van der Waals surface area (Å²) in [5.41, 5.74) is 3.76. The Morgan fingerprint density at radius 1 is 0.950 bits per heavy atom. The van der Waals surface area contributed by atoms with Crippen LogP contribution in [-0.2, 0) is 10.8 Å². The molecule has 3 heteroatoms. The Morgan fingerprint density at radius 2 is 1.55 bits per heavy atom. The molecule has 1 unspecified atom stereocenters. The first-order chi connectivity index (χ1) is 9.47. The summed E-state index contributed by atoms with van der Waals surface area (Å²) in [5, 5.41) is 0. The Balaban J connectivity index is 2.17. The van der Waals surface area contributed by atoms with Crippen LogP contribution in [0, 0.1) is 20.8 Å². The third kappa shape index (κ3) is 3.42. The summed E-state index contributed by atoms with van der Waals surface area (Å²) in [6.07, 6.45) is 0. The van der Waals surface area contributed by atoms with Crippen LogP contribution in [0.25, 0.3) is 0 Å². The van der Waals surface area contributed by atoms with Gasteiger partial charge < -0.3 is 0 Å². The number of hydrogen-bond donors (Lipinski definition) is 0. The standard InChI is InChI=1S/C17H18O2S/c1-12-5-8-15(9-6-12)20(19)11-17(18)16-10-13(2)4-7-14(16)3/h4-10H,11H2,1-3H3. The van der Waals surface area contributed by atoms with Crippen molar-refractivity contribution >= 4 is 16.6 Å². The Kier molecular flexibility index (Phi) is 4.50. The predicted octanol–water partition coefficient (Wildman–Crippen LogP) is 3.60. The molecule has 0 amide bonds. The van der Waals surface area contributed by atoms with Gasteiger partial charge in [-0.3, -0.25) is 9.00 Å². The van der Waals surface area contributed by atoms with Crippen LogP contribution in [-0.4, -0.2) is 15.7 Å². The maximum Gasteiger partial charge on any atom is 0.175 e. The molecule has 0 N–H and O–H groups in total. The van der Waals surface area contributed by atoms with Gasteiger partial charge in [-0.05, 0) is 44.5 Å². The minimum atomic E-state index is -1.29. The molecule has 2 aromatic carbocycles. The van der Waals surface area contributed by atoms with E-state index < -0.39 is 10.8 Å². The lowest BCUT2D eigenvalue weighted by molar-refractivity contribution is 0.102. The van der Waals surface area contributed by atoms with Crippen molar-refractivity contribution in [2.45, 2.75) is 25.7 Å². The molecule has 0 aliphatic carbocycles. The van der Waals surface area contributed by atoms with Crippen molar-refractivity contribution in [2.24, 2.45) is 0 Å². The predicted molar refractivity (Wildman–Crippen MR) is 82.7 cm³/mol. The van der Waals surface area contributed by atoms with E-state index in [-0.39, 0.29) is 11.5 Å². The lowest BCUT2D eigenvalue weighted by atomic mass is 10.0. The molecule has 0 aromatic heterocycles. The van der Waals surface area contributed by atoms with Gasteiger partial charge in [0.1, 0.15) is 0 Å². The van der Waals surface area contributed by atoms with Gasteiger partial charge >= 0.3 is 0 Å². The van der Waals surface area contributed by atoms with Gasteiger partial charge in [0.15, 0.2) is 5.78 Å². The van der Waals surface area contributed by atoms with E-state index in [0.29, 0.717) is 10.5 Å². The van der Waals surface area contributed by atoms with Crippen LogP contribution in [0.3, 0.4) is 0 Å². The fraction of sp³-hybridized carbons (Fsp3) is 0.235. The highest BCUT2D eigenvalue weighted by molar-refractivity contribution is 7.85. The maximum absolute atomic E-state index is 12.3. The number of Topliss-reactive ketones (excluding diaryl/α,β-unsaturated/α-hetero) is 1. The molecule has 0 saturated carbocycles. The Hall–Kier alpha value is -1.74. The number of hydrogen-bond acceptors (Lipinski definition) is 2. The van der Waals surface area contributed by atoms with Crippen molar-refractivity contribution in [3.63, 3.8) is 0 Å². The fourth-order valence-electron chi connectivity index (χ4n) is 2.01. The van der Waals surface area contributed by atoms with Crippen LogP contribution in [0.2, 0.25) is 0 Å². The summed E-state index contributed by atoms with van der Waals surface area (Å²) >= 11 is 0. The zero-order valence-electron chi connectivity index (χ0n) is 12.0. The highest BCUT2D eigenvalue weighted by Crippen LogP contribution is 2.14. The molecule has 0 aliphatic heterocycles.